The molecule has 5 N–H and O–H groups in total. The lowest BCUT2D eigenvalue weighted by molar-refractivity contribution is 0.481. The van der Waals surface area contributed by atoms with E-state index in [9.17, 15) is 16.8 Å². The van der Waals surface area contributed by atoms with Crippen LogP contribution in [-0.4, -0.2) is 59.7 Å². The van der Waals surface area contributed by atoms with E-state index < -0.39 is 26.0 Å². The van der Waals surface area contributed by atoms with Crippen LogP contribution in [0.5, 0.6) is 0 Å². The van der Waals surface area contributed by atoms with Crippen LogP contribution in [0.2, 0.25) is 0 Å². The minimum atomic E-state index is -4.37. The monoisotopic (exact) mass is 418 g/mol. The van der Waals surface area contributed by atoms with E-state index in [2.05, 4.69) is 30.9 Å². The van der Waals surface area contributed by atoms with Crippen LogP contribution < -0.4 is 16.0 Å². The first kappa shape index (κ1) is 20.8. The molecule has 0 saturated carbocycles. The van der Waals surface area contributed by atoms with Crippen LogP contribution in [0.3, 0.4) is 0 Å². The second-order valence-corrected chi connectivity index (χ2v) is 8.17. The first-order chi connectivity index (χ1) is 12.6. The average Bonchev–Trinajstić information content (AvgIpc) is 2.53. The Morgan fingerprint density at radius 1 is 0.963 bits per heavy atom. The molecule has 12 nitrogen and oxygen atoms in total. The van der Waals surface area contributed by atoms with Gasteiger partial charge in [-0.15, -0.1) is 0 Å². The summed E-state index contributed by atoms with van der Waals surface area (Å²) < 4.78 is 61.9. The summed E-state index contributed by atoms with van der Waals surface area (Å²) in [6, 6.07) is 5.37. The minimum absolute atomic E-state index is 0.0398. The molecule has 1 aromatic carbocycles. The van der Waals surface area contributed by atoms with Gasteiger partial charge in [-0.2, -0.15) is 31.8 Å². The van der Waals surface area contributed by atoms with E-state index >= 15 is 0 Å². The Hall–Kier alpha value is -2.55. The normalized spacial score (nSPS) is 11.8. The molecule has 27 heavy (non-hydrogen) atoms. The Bertz CT molecular complexity index is 1010. The van der Waals surface area contributed by atoms with Gasteiger partial charge in [-0.1, -0.05) is 6.07 Å². The van der Waals surface area contributed by atoms with Crippen molar-refractivity contribution < 1.29 is 25.9 Å². The largest absolute Gasteiger partial charge is 0.354 e. The van der Waals surface area contributed by atoms with Crippen molar-refractivity contribution in [2.45, 2.75) is 11.8 Å². The summed E-state index contributed by atoms with van der Waals surface area (Å²) in [6.07, 6.45) is 0. The molecule has 2 aromatic rings. The maximum Gasteiger partial charge on any atom is 0.294 e. The van der Waals surface area contributed by atoms with Gasteiger partial charge in [-0.05, 0) is 25.1 Å². The van der Waals surface area contributed by atoms with E-state index in [1.54, 1.807) is 0 Å². The fourth-order valence-corrected chi connectivity index (χ4v) is 2.79. The summed E-state index contributed by atoms with van der Waals surface area (Å²) >= 11 is 0. The lowest BCUT2D eigenvalue weighted by atomic mass is 10.3. The molecule has 0 atom stereocenters. The van der Waals surface area contributed by atoms with Crippen molar-refractivity contribution in [2.24, 2.45) is 0 Å². The number of hydrogen-bond donors (Lipinski definition) is 5. The van der Waals surface area contributed by atoms with Crippen LogP contribution in [0.15, 0.2) is 29.2 Å². The summed E-state index contributed by atoms with van der Waals surface area (Å²) in [4.78, 5) is 11.9. The molecule has 0 spiro atoms. The average molecular weight is 418 g/mol. The first-order valence-electron chi connectivity index (χ1n) is 7.60. The fraction of sp³-hybridized carbons (Fsp3) is 0.308. The van der Waals surface area contributed by atoms with E-state index in [0.717, 1.165) is 0 Å². The summed E-state index contributed by atoms with van der Waals surface area (Å²) in [5, 5.41) is 8.29. The van der Waals surface area contributed by atoms with Gasteiger partial charge >= 0.3 is 0 Å². The highest BCUT2D eigenvalue weighted by atomic mass is 32.2. The van der Waals surface area contributed by atoms with Crippen LogP contribution in [0.4, 0.5) is 23.5 Å². The van der Waals surface area contributed by atoms with Crippen LogP contribution in [0.1, 0.15) is 6.92 Å². The molecule has 0 unspecified atom stereocenters. The predicted octanol–water partition coefficient (Wildman–Crippen LogP) is 0.593. The zero-order valence-corrected chi connectivity index (χ0v) is 15.7. The van der Waals surface area contributed by atoms with Crippen molar-refractivity contribution in [1.82, 2.24) is 15.0 Å². The molecule has 1 aromatic heterocycles. The minimum Gasteiger partial charge on any atom is -0.354 e. The summed E-state index contributed by atoms with van der Waals surface area (Å²) in [5.74, 6) is -0.259. The molecule has 0 aliphatic heterocycles. The number of nitrogens with zero attached hydrogens (tertiary/aromatic N) is 3. The Morgan fingerprint density at radius 3 is 2.19 bits per heavy atom. The van der Waals surface area contributed by atoms with Crippen LogP contribution >= 0.6 is 0 Å². The summed E-state index contributed by atoms with van der Waals surface area (Å²) in [5.41, 5.74) is 0.294. The van der Waals surface area contributed by atoms with Gasteiger partial charge < -0.3 is 16.0 Å². The van der Waals surface area contributed by atoms with E-state index in [4.69, 9.17) is 9.11 Å². The molecule has 0 saturated heterocycles. The molecule has 0 radical (unpaired) electrons. The van der Waals surface area contributed by atoms with Crippen molar-refractivity contribution in [2.75, 3.05) is 34.8 Å². The topological polar surface area (TPSA) is 184 Å². The predicted molar refractivity (Wildman–Crippen MR) is 98.4 cm³/mol. The Kier molecular flexibility index (Phi) is 6.48. The maximum atomic E-state index is 11.2. The standard InChI is InChI=1S/C13H18N6O6S2/c1-2-14-11-17-12(15-6-7-26(20,21)22)19-13(18-11)16-9-4-3-5-10(8-9)27(23,24)25/h3-5,8H,2,6-7H2,1H3,(H,20,21,22)(H,23,24,25)(H3,14,15,16,17,18,19). The SMILES string of the molecule is CCNc1nc(NCCS(=O)(=O)O)nc(Nc2cccc(S(=O)(=O)O)c2)n1. The molecule has 0 amide bonds. The van der Waals surface area contributed by atoms with Crippen LogP contribution in [0, 0.1) is 0 Å². The third-order valence-corrected chi connectivity index (χ3v) is 4.57. The third kappa shape index (κ3) is 6.93. The quantitative estimate of drug-likeness (QED) is 0.358. The lowest BCUT2D eigenvalue weighted by Gasteiger charge is -2.11. The molecule has 0 bridgehead atoms. The molecule has 2 rings (SSSR count). The molecular formula is C13H18N6O6S2. The Morgan fingerprint density at radius 2 is 1.59 bits per heavy atom. The second-order valence-electron chi connectivity index (χ2n) is 5.18. The van der Waals surface area contributed by atoms with Crippen LogP contribution in [0.25, 0.3) is 0 Å². The van der Waals surface area contributed by atoms with Crippen molar-refractivity contribution in [1.29, 1.82) is 0 Å². The van der Waals surface area contributed by atoms with E-state index in [0.29, 0.717) is 12.2 Å². The van der Waals surface area contributed by atoms with Gasteiger partial charge in [0.25, 0.3) is 20.2 Å². The Labute approximate surface area is 156 Å². The maximum absolute atomic E-state index is 11.2. The fourth-order valence-electron chi connectivity index (χ4n) is 1.90. The molecule has 14 heteroatoms. The first-order valence-corrected chi connectivity index (χ1v) is 10.7. The number of anilines is 4. The van der Waals surface area contributed by atoms with Crippen molar-refractivity contribution >= 4 is 43.8 Å². The smallest absolute Gasteiger partial charge is 0.294 e. The number of aromatic nitrogens is 3. The van der Waals surface area contributed by atoms with E-state index in [1.165, 1.54) is 24.3 Å². The third-order valence-electron chi connectivity index (χ3n) is 3.00. The lowest BCUT2D eigenvalue weighted by Crippen LogP contribution is -2.17. The zero-order chi connectivity index (χ0) is 20.1. The highest BCUT2D eigenvalue weighted by molar-refractivity contribution is 7.86. The van der Waals surface area contributed by atoms with E-state index in [1.807, 2.05) is 6.92 Å². The molecule has 1 heterocycles. The molecule has 0 aliphatic rings. The number of hydrogen-bond acceptors (Lipinski definition) is 10. The van der Waals surface area contributed by atoms with Crippen LogP contribution in [-0.2, 0) is 20.2 Å². The van der Waals surface area contributed by atoms with E-state index in [-0.39, 0.29) is 29.3 Å². The summed E-state index contributed by atoms with van der Waals surface area (Å²) in [7, 11) is -8.50. The van der Waals surface area contributed by atoms with Crippen molar-refractivity contribution in [3.8, 4) is 0 Å². The van der Waals surface area contributed by atoms with Crippen molar-refractivity contribution in [3.05, 3.63) is 24.3 Å². The van der Waals surface area contributed by atoms with Gasteiger partial charge in [0, 0.05) is 18.8 Å². The molecule has 0 fully saturated rings. The Balaban J connectivity index is 2.25. The van der Waals surface area contributed by atoms with Gasteiger partial charge in [-0.3, -0.25) is 9.11 Å². The van der Waals surface area contributed by atoms with Gasteiger partial charge in [0.1, 0.15) is 0 Å². The molecule has 0 aliphatic carbocycles. The number of rotatable bonds is 9. The highest BCUT2D eigenvalue weighted by Gasteiger charge is 2.12. The molecular weight excluding hydrogens is 400 g/mol. The highest BCUT2D eigenvalue weighted by Crippen LogP contribution is 2.19. The summed E-state index contributed by atoms with van der Waals surface area (Å²) in [6.45, 7) is 2.19. The van der Waals surface area contributed by atoms with Crippen molar-refractivity contribution in [3.63, 3.8) is 0 Å². The van der Waals surface area contributed by atoms with Gasteiger partial charge in [0.05, 0.1) is 10.6 Å². The van der Waals surface area contributed by atoms with Gasteiger partial charge in [-0.25, -0.2) is 0 Å². The zero-order valence-electron chi connectivity index (χ0n) is 14.1. The van der Waals surface area contributed by atoms with Gasteiger partial charge in [0.2, 0.25) is 17.8 Å². The number of nitrogens with one attached hydrogen (secondary N) is 3. The second kappa shape index (κ2) is 8.43. The number of benzene rings is 1. The molecule has 148 valence electrons. The van der Waals surface area contributed by atoms with Gasteiger partial charge in [0.15, 0.2) is 0 Å².